The standard InChI is InChI=1S/C14H27N3O/c1-16-9-7-13(8-10-16)17(2)14(18)11-15-12-5-3-4-6-12/h12-13,15H,3-11H2,1-2H3. The van der Waals surface area contributed by atoms with Crippen LogP contribution < -0.4 is 5.32 Å². The van der Waals surface area contributed by atoms with Gasteiger partial charge in [0, 0.05) is 19.1 Å². The lowest BCUT2D eigenvalue weighted by atomic mass is 10.0. The molecule has 0 aromatic carbocycles. The van der Waals surface area contributed by atoms with E-state index in [1.165, 1.54) is 25.7 Å². The van der Waals surface area contributed by atoms with Crippen molar-refractivity contribution in [3.05, 3.63) is 0 Å². The van der Waals surface area contributed by atoms with Gasteiger partial charge in [0.25, 0.3) is 0 Å². The van der Waals surface area contributed by atoms with Crippen molar-refractivity contribution in [2.45, 2.75) is 50.6 Å². The van der Waals surface area contributed by atoms with Gasteiger partial charge in [-0.25, -0.2) is 0 Å². The van der Waals surface area contributed by atoms with Crippen molar-refractivity contribution in [1.82, 2.24) is 15.1 Å². The predicted molar refractivity (Wildman–Crippen MR) is 73.5 cm³/mol. The van der Waals surface area contributed by atoms with Crippen molar-refractivity contribution in [2.75, 3.05) is 33.7 Å². The molecule has 1 amide bonds. The third-order valence-corrected chi connectivity index (χ3v) is 4.53. The highest BCUT2D eigenvalue weighted by atomic mass is 16.2. The van der Waals surface area contributed by atoms with Crippen LogP contribution >= 0.6 is 0 Å². The minimum atomic E-state index is 0.261. The largest absolute Gasteiger partial charge is 0.342 e. The summed E-state index contributed by atoms with van der Waals surface area (Å²) in [6.07, 6.45) is 7.34. The molecule has 0 aromatic heterocycles. The van der Waals surface area contributed by atoms with Crippen LogP contribution in [0.4, 0.5) is 0 Å². The normalized spacial score (nSPS) is 23.4. The zero-order chi connectivity index (χ0) is 13.0. The van der Waals surface area contributed by atoms with Gasteiger partial charge in [-0.2, -0.15) is 0 Å². The van der Waals surface area contributed by atoms with E-state index in [0.717, 1.165) is 25.9 Å². The maximum absolute atomic E-state index is 12.1. The quantitative estimate of drug-likeness (QED) is 0.814. The van der Waals surface area contributed by atoms with Crippen LogP contribution in [0.25, 0.3) is 0 Å². The van der Waals surface area contributed by atoms with Gasteiger partial charge in [0.05, 0.1) is 6.54 Å². The second kappa shape index (κ2) is 6.53. The Kier molecular flexibility index (Phi) is 5.01. The lowest BCUT2D eigenvalue weighted by molar-refractivity contribution is -0.131. The highest BCUT2D eigenvalue weighted by Crippen LogP contribution is 2.18. The number of likely N-dealkylation sites (tertiary alicyclic amines) is 1. The monoisotopic (exact) mass is 253 g/mol. The summed E-state index contributed by atoms with van der Waals surface area (Å²) < 4.78 is 0. The third-order valence-electron chi connectivity index (χ3n) is 4.53. The zero-order valence-electron chi connectivity index (χ0n) is 11.8. The summed E-state index contributed by atoms with van der Waals surface area (Å²) in [6, 6.07) is 1.03. The summed E-state index contributed by atoms with van der Waals surface area (Å²) in [5.74, 6) is 0.261. The molecule has 0 unspecified atom stereocenters. The summed E-state index contributed by atoms with van der Waals surface area (Å²) in [4.78, 5) is 16.4. The van der Waals surface area contributed by atoms with E-state index in [0.29, 0.717) is 18.6 Å². The van der Waals surface area contributed by atoms with Gasteiger partial charge in [-0.1, -0.05) is 12.8 Å². The highest BCUT2D eigenvalue weighted by molar-refractivity contribution is 5.78. The van der Waals surface area contributed by atoms with E-state index in [4.69, 9.17) is 0 Å². The van der Waals surface area contributed by atoms with Crippen LogP contribution in [0.2, 0.25) is 0 Å². The van der Waals surface area contributed by atoms with Crippen molar-refractivity contribution < 1.29 is 4.79 Å². The molecule has 1 heterocycles. The molecule has 1 saturated carbocycles. The predicted octanol–water partition coefficient (Wildman–Crippen LogP) is 1.07. The lowest BCUT2D eigenvalue weighted by Crippen LogP contribution is -2.47. The minimum absolute atomic E-state index is 0.261. The van der Waals surface area contributed by atoms with Crippen LogP contribution in [0.1, 0.15) is 38.5 Å². The average molecular weight is 253 g/mol. The highest BCUT2D eigenvalue weighted by Gasteiger charge is 2.24. The molecule has 1 saturated heterocycles. The van der Waals surface area contributed by atoms with E-state index >= 15 is 0 Å². The van der Waals surface area contributed by atoms with E-state index in [1.54, 1.807) is 0 Å². The van der Waals surface area contributed by atoms with Crippen LogP contribution in [0, 0.1) is 0 Å². The van der Waals surface area contributed by atoms with E-state index in [-0.39, 0.29) is 5.91 Å². The lowest BCUT2D eigenvalue weighted by Gasteiger charge is -2.35. The van der Waals surface area contributed by atoms with Gasteiger partial charge >= 0.3 is 0 Å². The number of likely N-dealkylation sites (N-methyl/N-ethyl adjacent to an activating group) is 1. The fraction of sp³-hybridized carbons (Fsp3) is 0.929. The van der Waals surface area contributed by atoms with Crippen LogP contribution in [0.3, 0.4) is 0 Å². The summed E-state index contributed by atoms with van der Waals surface area (Å²) in [5.41, 5.74) is 0. The van der Waals surface area contributed by atoms with E-state index in [1.807, 2.05) is 11.9 Å². The molecule has 1 aliphatic heterocycles. The Morgan fingerprint density at radius 1 is 1.22 bits per heavy atom. The SMILES string of the molecule is CN1CCC(N(C)C(=O)CNC2CCCC2)CC1. The van der Waals surface area contributed by atoms with Gasteiger partial charge in [-0.05, 0) is 45.8 Å². The van der Waals surface area contributed by atoms with Crippen LogP contribution in [0.5, 0.6) is 0 Å². The molecule has 2 aliphatic rings. The molecule has 0 atom stereocenters. The number of amides is 1. The number of carbonyl (C=O) groups excluding carboxylic acids is 1. The second-order valence-corrected chi connectivity index (χ2v) is 5.90. The van der Waals surface area contributed by atoms with Crippen molar-refractivity contribution in [2.24, 2.45) is 0 Å². The molecule has 4 nitrogen and oxygen atoms in total. The topological polar surface area (TPSA) is 35.6 Å². The van der Waals surface area contributed by atoms with Crippen LogP contribution in [-0.4, -0.2) is 61.5 Å². The van der Waals surface area contributed by atoms with Gasteiger partial charge in [0.2, 0.25) is 5.91 Å². The number of piperidine rings is 1. The summed E-state index contributed by atoms with van der Waals surface area (Å²) in [6.45, 7) is 2.74. The molecule has 4 heteroatoms. The Balaban J connectivity index is 1.70. The second-order valence-electron chi connectivity index (χ2n) is 5.90. The zero-order valence-corrected chi connectivity index (χ0v) is 11.8. The smallest absolute Gasteiger partial charge is 0.236 e. The van der Waals surface area contributed by atoms with E-state index in [9.17, 15) is 4.79 Å². The van der Waals surface area contributed by atoms with Gasteiger partial charge in [-0.15, -0.1) is 0 Å². The first kappa shape index (κ1) is 13.8. The maximum Gasteiger partial charge on any atom is 0.236 e. The number of hydrogen-bond donors (Lipinski definition) is 1. The Morgan fingerprint density at radius 2 is 1.83 bits per heavy atom. The van der Waals surface area contributed by atoms with Crippen LogP contribution in [0.15, 0.2) is 0 Å². The third kappa shape index (κ3) is 3.69. The fourth-order valence-corrected chi connectivity index (χ4v) is 3.07. The first-order chi connectivity index (χ1) is 8.66. The summed E-state index contributed by atoms with van der Waals surface area (Å²) >= 11 is 0. The van der Waals surface area contributed by atoms with Gasteiger partial charge in [-0.3, -0.25) is 4.79 Å². The van der Waals surface area contributed by atoms with Gasteiger partial charge < -0.3 is 15.1 Å². The number of nitrogens with one attached hydrogen (secondary N) is 1. The number of nitrogens with zero attached hydrogens (tertiary/aromatic N) is 2. The molecule has 1 aliphatic carbocycles. The molecule has 18 heavy (non-hydrogen) atoms. The van der Waals surface area contributed by atoms with E-state index < -0.39 is 0 Å². The Hall–Kier alpha value is -0.610. The minimum Gasteiger partial charge on any atom is -0.342 e. The molecule has 0 bridgehead atoms. The van der Waals surface area contributed by atoms with Crippen LogP contribution in [-0.2, 0) is 4.79 Å². The molecule has 1 N–H and O–H groups in total. The number of carbonyl (C=O) groups is 1. The van der Waals surface area contributed by atoms with Crippen molar-refractivity contribution in [3.63, 3.8) is 0 Å². The number of hydrogen-bond acceptors (Lipinski definition) is 3. The first-order valence-electron chi connectivity index (χ1n) is 7.34. The Morgan fingerprint density at radius 3 is 2.44 bits per heavy atom. The van der Waals surface area contributed by atoms with Crippen molar-refractivity contribution >= 4 is 5.91 Å². The summed E-state index contributed by atoms with van der Waals surface area (Å²) in [7, 11) is 4.12. The van der Waals surface area contributed by atoms with Gasteiger partial charge in [0.1, 0.15) is 0 Å². The molecule has 2 fully saturated rings. The number of rotatable bonds is 4. The molecule has 0 spiro atoms. The molecule has 0 aromatic rings. The average Bonchev–Trinajstić information content (AvgIpc) is 2.89. The molecule has 104 valence electrons. The molecule has 0 radical (unpaired) electrons. The van der Waals surface area contributed by atoms with Crippen molar-refractivity contribution in [1.29, 1.82) is 0 Å². The molecule has 2 rings (SSSR count). The van der Waals surface area contributed by atoms with Crippen molar-refractivity contribution in [3.8, 4) is 0 Å². The fourth-order valence-electron chi connectivity index (χ4n) is 3.07. The Bertz CT molecular complexity index is 268. The molecular weight excluding hydrogens is 226 g/mol. The molecular formula is C14H27N3O. The maximum atomic E-state index is 12.1. The van der Waals surface area contributed by atoms with Gasteiger partial charge in [0.15, 0.2) is 0 Å². The van der Waals surface area contributed by atoms with E-state index in [2.05, 4.69) is 17.3 Å². The first-order valence-corrected chi connectivity index (χ1v) is 7.34. The summed E-state index contributed by atoms with van der Waals surface area (Å²) in [5, 5.41) is 3.41. The Labute approximate surface area is 111 Å².